The third kappa shape index (κ3) is 3.54. The molecule has 0 N–H and O–H groups in total. The molecule has 0 fully saturated rings. The summed E-state index contributed by atoms with van der Waals surface area (Å²) >= 11 is 0. The maximum atomic E-state index is 5.33. The van der Waals surface area contributed by atoms with Crippen LogP contribution in [-0.2, 0) is 0 Å². The molecule has 1 aliphatic heterocycles. The fourth-order valence-electron chi connectivity index (χ4n) is 7.20. The van der Waals surface area contributed by atoms with Crippen LogP contribution in [0.25, 0.3) is 71.8 Å². The Morgan fingerprint density at radius 1 is 0.413 bits per heavy atom. The Morgan fingerprint density at radius 3 is 1.83 bits per heavy atom. The van der Waals surface area contributed by atoms with Gasteiger partial charge in [0.25, 0.3) is 0 Å². The predicted octanol–water partition coefficient (Wildman–Crippen LogP) is 10.4. The van der Waals surface area contributed by atoms with Gasteiger partial charge in [0.2, 0.25) is 11.9 Å². The van der Waals surface area contributed by atoms with Gasteiger partial charge in [-0.15, -0.1) is 0 Å². The van der Waals surface area contributed by atoms with E-state index >= 15 is 0 Å². The summed E-state index contributed by atoms with van der Waals surface area (Å²) < 4.78 is 2.17. The summed E-state index contributed by atoms with van der Waals surface area (Å²) in [4.78, 5) is 17.9. The second-order valence-corrected chi connectivity index (χ2v) is 11.7. The van der Waals surface area contributed by atoms with Crippen molar-refractivity contribution in [1.82, 2.24) is 19.5 Å². The minimum absolute atomic E-state index is 0.573. The Morgan fingerprint density at radius 2 is 1.04 bits per heavy atom. The van der Waals surface area contributed by atoms with Gasteiger partial charge in [-0.2, -0.15) is 15.0 Å². The van der Waals surface area contributed by atoms with Crippen molar-refractivity contribution in [2.24, 2.45) is 0 Å². The lowest BCUT2D eigenvalue weighted by atomic mass is 9.88. The molecule has 1 aliphatic rings. The van der Waals surface area contributed by atoms with Crippen LogP contribution in [-0.4, -0.2) is 19.5 Å². The number of anilines is 3. The fraction of sp³-hybridized carbons (Fsp3) is 0. The van der Waals surface area contributed by atoms with Crippen LogP contribution >= 0.6 is 0 Å². The van der Waals surface area contributed by atoms with Crippen molar-refractivity contribution in [3.8, 4) is 28.5 Å². The topological polar surface area (TPSA) is 46.8 Å². The maximum Gasteiger partial charge on any atom is 0.240 e. The molecule has 0 bridgehead atoms. The van der Waals surface area contributed by atoms with Crippen molar-refractivity contribution in [1.29, 1.82) is 0 Å². The lowest BCUT2D eigenvalue weighted by Crippen LogP contribution is -2.19. The van der Waals surface area contributed by atoms with Crippen molar-refractivity contribution in [3.05, 3.63) is 152 Å². The normalized spacial score (nSPS) is 12.3. The highest BCUT2D eigenvalue weighted by molar-refractivity contribution is 6.19. The molecule has 0 spiro atoms. The van der Waals surface area contributed by atoms with E-state index in [1.165, 1.54) is 32.7 Å². The van der Waals surface area contributed by atoms with Gasteiger partial charge in [0, 0.05) is 27.3 Å². The smallest absolute Gasteiger partial charge is 0.240 e. The first-order valence-corrected chi connectivity index (χ1v) is 15.5. The van der Waals surface area contributed by atoms with E-state index in [2.05, 4.69) is 143 Å². The molecular formula is C41H25N5. The lowest BCUT2D eigenvalue weighted by molar-refractivity contribution is 0.933. The standard InChI is InChI=1S/C41H25N5/c1-2-13-28(14-3-1)39-42-40(45-33-21-8-6-18-30(33)31-19-7-9-22-34(31)45)44-41(43-39)46-35-23-11-16-27-15-10-20-32(37(27)35)38-29-17-5-4-12-26(29)24-25-36(38)46/h1-25H. The highest BCUT2D eigenvalue weighted by atomic mass is 15.3. The summed E-state index contributed by atoms with van der Waals surface area (Å²) in [5.74, 6) is 1.77. The minimum Gasteiger partial charge on any atom is -0.278 e. The van der Waals surface area contributed by atoms with Crippen LogP contribution in [0.1, 0.15) is 0 Å². The molecule has 0 saturated heterocycles. The van der Waals surface area contributed by atoms with Crippen LogP contribution in [0.2, 0.25) is 0 Å². The lowest BCUT2D eigenvalue weighted by Gasteiger charge is -2.32. The van der Waals surface area contributed by atoms with E-state index in [9.17, 15) is 0 Å². The summed E-state index contributed by atoms with van der Waals surface area (Å²) in [5, 5.41) is 7.09. The van der Waals surface area contributed by atoms with E-state index in [1.54, 1.807) is 0 Å². The van der Waals surface area contributed by atoms with E-state index in [1.807, 2.05) is 18.2 Å². The number of hydrogen-bond donors (Lipinski definition) is 0. The Hall–Kier alpha value is -6.33. The Kier molecular flexibility index (Phi) is 5.22. The Labute approximate surface area is 264 Å². The molecule has 9 aromatic rings. The van der Waals surface area contributed by atoms with E-state index in [0.29, 0.717) is 17.7 Å². The first-order valence-electron chi connectivity index (χ1n) is 15.5. The highest BCUT2D eigenvalue weighted by Gasteiger charge is 2.30. The number of nitrogens with zero attached hydrogens (tertiary/aromatic N) is 5. The fourth-order valence-corrected chi connectivity index (χ4v) is 7.20. The first-order chi connectivity index (χ1) is 22.8. The van der Waals surface area contributed by atoms with Crippen molar-refractivity contribution in [2.75, 3.05) is 4.90 Å². The number of para-hydroxylation sites is 2. The molecule has 5 nitrogen and oxygen atoms in total. The number of benzene rings is 7. The van der Waals surface area contributed by atoms with Gasteiger partial charge in [0.15, 0.2) is 5.82 Å². The van der Waals surface area contributed by atoms with Crippen molar-refractivity contribution < 1.29 is 0 Å². The van der Waals surface area contributed by atoms with E-state index < -0.39 is 0 Å². The van der Waals surface area contributed by atoms with Gasteiger partial charge in [0.1, 0.15) is 0 Å². The number of fused-ring (bicyclic) bond motifs is 7. The number of rotatable bonds is 3. The first kappa shape index (κ1) is 25.0. The molecule has 0 radical (unpaired) electrons. The largest absolute Gasteiger partial charge is 0.278 e. The summed E-state index contributed by atoms with van der Waals surface area (Å²) in [6.07, 6.45) is 0. The third-order valence-electron chi connectivity index (χ3n) is 9.16. The van der Waals surface area contributed by atoms with Crippen LogP contribution in [0.5, 0.6) is 0 Å². The van der Waals surface area contributed by atoms with Gasteiger partial charge in [-0.3, -0.25) is 9.47 Å². The summed E-state index contributed by atoms with van der Waals surface area (Å²) in [6.45, 7) is 0. The molecule has 214 valence electrons. The molecule has 0 amide bonds. The van der Waals surface area contributed by atoms with E-state index in [-0.39, 0.29) is 0 Å². The van der Waals surface area contributed by atoms with E-state index in [0.717, 1.165) is 38.7 Å². The van der Waals surface area contributed by atoms with Crippen molar-refractivity contribution in [3.63, 3.8) is 0 Å². The van der Waals surface area contributed by atoms with Gasteiger partial charge in [-0.1, -0.05) is 127 Å². The van der Waals surface area contributed by atoms with Gasteiger partial charge in [-0.25, -0.2) is 0 Å². The van der Waals surface area contributed by atoms with E-state index in [4.69, 9.17) is 15.0 Å². The second kappa shape index (κ2) is 9.58. The Bertz CT molecular complexity index is 2600. The molecule has 2 aromatic heterocycles. The zero-order valence-electron chi connectivity index (χ0n) is 24.7. The van der Waals surface area contributed by atoms with Crippen molar-refractivity contribution in [2.45, 2.75) is 0 Å². The highest BCUT2D eigenvalue weighted by Crippen LogP contribution is 2.52. The van der Waals surface area contributed by atoms with Crippen LogP contribution in [0, 0.1) is 0 Å². The zero-order chi connectivity index (χ0) is 30.2. The van der Waals surface area contributed by atoms with Crippen LogP contribution < -0.4 is 4.90 Å². The predicted molar refractivity (Wildman–Crippen MR) is 188 cm³/mol. The second-order valence-electron chi connectivity index (χ2n) is 11.7. The molecule has 10 rings (SSSR count). The number of hydrogen-bond acceptors (Lipinski definition) is 4. The molecule has 0 unspecified atom stereocenters. The van der Waals surface area contributed by atoms with Gasteiger partial charge < -0.3 is 0 Å². The molecule has 0 aliphatic carbocycles. The van der Waals surface area contributed by atoms with Crippen LogP contribution in [0.15, 0.2) is 152 Å². The number of aromatic nitrogens is 4. The Balaban J connectivity index is 1.33. The summed E-state index contributed by atoms with van der Waals surface area (Å²) in [7, 11) is 0. The quantitative estimate of drug-likeness (QED) is 0.206. The molecule has 0 saturated carbocycles. The van der Waals surface area contributed by atoms with Gasteiger partial charge in [-0.05, 0) is 46.0 Å². The van der Waals surface area contributed by atoms with Crippen LogP contribution in [0.4, 0.5) is 17.3 Å². The zero-order valence-corrected chi connectivity index (χ0v) is 24.7. The molecule has 7 aromatic carbocycles. The summed E-state index contributed by atoms with van der Waals surface area (Å²) in [6, 6.07) is 53.2. The third-order valence-corrected chi connectivity index (χ3v) is 9.16. The van der Waals surface area contributed by atoms with Gasteiger partial charge >= 0.3 is 0 Å². The molecule has 5 heteroatoms. The SMILES string of the molecule is c1ccc(-c2nc(N3c4ccc5ccccc5c4-c4cccc5cccc3c45)nc(-n3c4ccccc4c4ccccc43)n2)cc1. The molecule has 0 atom stereocenters. The minimum atomic E-state index is 0.573. The van der Waals surface area contributed by atoms with Crippen LogP contribution in [0.3, 0.4) is 0 Å². The molecular weight excluding hydrogens is 562 g/mol. The van der Waals surface area contributed by atoms with Gasteiger partial charge in [0.05, 0.1) is 22.4 Å². The van der Waals surface area contributed by atoms with Crippen molar-refractivity contribution >= 4 is 60.7 Å². The maximum absolute atomic E-state index is 5.33. The molecule has 3 heterocycles. The average molecular weight is 588 g/mol. The monoisotopic (exact) mass is 587 g/mol. The molecule has 46 heavy (non-hydrogen) atoms. The average Bonchev–Trinajstić information content (AvgIpc) is 3.46. The summed E-state index contributed by atoms with van der Waals surface area (Å²) in [5.41, 5.74) is 7.54.